The second-order valence-corrected chi connectivity index (χ2v) is 10.2. The smallest absolute Gasteiger partial charge is 0.331 e. The van der Waals surface area contributed by atoms with Crippen molar-refractivity contribution in [2.75, 3.05) is 6.61 Å². The van der Waals surface area contributed by atoms with E-state index in [2.05, 4.69) is 13.0 Å². The molecule has 0 spiro atoms. The summed E-state index contributed by atoms with van der Waals surface area (Å²) in [5.74, 6) is -0.543. The van der Waals surface area contributed by atoms with Gasteiger partial charge < -0.3 is 24.9 Å². The molecule has 6 heteroatoms. The Morgan fingerprint density at radius 1 is 1.14 bits per heavy atom. The number of cyclic esters (lactones) is 1. The van der Waals surface area contributed by atoms with Gasteiger partial charge in [-0.2, -0.15) is 0 Å². The number of aliphatic hydroxyl groups excluding tert-OH is 1. The first-order valence-electron chi connectivity index (χ1n) is 10.9. The van der Waals surface area contributed by atoms with E-state index < -0.39 is 28.1 Å². The fraction of sp³-hybridized carbons (Fsp3) is 0.739. The molecule has 0 amide bonds. The van der Waals surface area contributed by atoms with Crippen LogP contribution in [-0.4, -0.2) is 51.5 Å². The molecular weight excluding hydrogens is 372 g/mol. The van der Waals surface area contributed by atoms with Crippen molar-refractivity contribution in [1.29, 1.82) is 0 Å². The summed E-state index contributed by atoms with van der Waals surface area (Å²) >= 11 is 0. The monoisotopic (exact) mass is 402 g/mol. The summed E-state index contributed by atoms with van der Waals surface area (Å²) in [5.41, 5.74) is -1.75. The summed E-state index contributed by atoms with van der Waals surface area (Å²) in [6.45, 7) is 2.32. The van der Waals surface area contributed by atoms with E-state index >= 15 is 0 Å². The van der Waals surface area contributed by atoms with Gasteiger partial charge in [-0.05, 0) is 62.4 Å². The lowest BCUT2D eigenvalue weighted by Gasteiger charge is -2.65. The van der Waals surface area contributed by atoms with Crippen LogP contribution in [0.4, 0.5) is 0 Å². The maximum atomic E-state index is 12.5. The normalized spacial score (nSPS) is 51.3. The summed E-state index contributed by atoms with van der Waals surface area (Å²) in [7, 11) is 0. The lowest BCUT2D eigenvalue weighted by molar-refractivity contribution is -0.242. The Labute approximate surface area is 170 Å². The van der Waals surface area contributed by atoms with Gasteiger partial charge in [-0.1, -0.05) is 13.0 Å². The van der Waals surface area contributed by atoms with Gasteiger partial charge in [-0.3, -0.25) is 0 Å². The molecule has 5 aliphatic rings. The van der Waals surface area contributed by atoms with Crippen LogP contribution in [0.5, 0.6) is 0 Å². The summed E-state index contributed by atoms with van der Waals surface area (Å²) in [5, 5.41) is 33.6. The van der Waals surface area contributed by atoms with Crippen LogP contribution in [0.1, 0.15) is 58.3 Å². The molecule has 3 saturated carbocycles. The topological polar surface area (TPSA) is 104 Å². The highest BCUT2D eigenvalue weighted by Crippen LogP contribution is 2.69. The number of esters is 1. The van der Waals surface area contributed by atoms with Crippen LogP contribution >= 0.6 is 0 Å². The Balaban J connectivity index is 1.52. The summed E-state index contributed by atoms with van der Waals surface area (Å²) in [6, 6.07) is 0. The lowest BCUT2D eigenvalue weighted by atomic mass is 9.41. The van der Waals surface area contributed by atoms with Crippen LogP contribution in [0.2, 0.25) is 0 Å². The zero-order valence-corrected chi connectivity index (χ0v) is 16.9. The SMILES string of the molecule is C[C@]12CC[C@H]3[C@@H](CC[C@]4(O)C[C@@H](O)CC[C@]34C=O)[C@@]1(O)CC=C2C1=CC(=O)OC1. The zero-order valence-electron chi connectivity index (χ0n) is 16.9. The maximum absolute atomic E-state index is 12.5. The highest BCUT2D eigenvalue weighted by Gasteiger charge is 2.70. The molecule has 0 aromatic carbocycles. The number of aliphatic hydroxyl groups is 3. The first-order chi connectivity index (χ1) is 13.7. The third-order valence-electron chi connectivity index (χ3n) is 9.30. The van der Waals surface area contributed by atoms with E-state index in [4.69, 9.17) is 4.74 Å². The van der Waals surface area contributed by atoms with E-state index in [0.717, 1.165) is 23.9 Å². The number of aldehydes is 1. The molecule has 158 valence electrons. The van der Waals surface area contributed by atoms with Crippen LogP contribution in [0.25, 0.3) is 0 Å². The lowest BCUT2D eigenvalue weighted by Crippen LogP contribution is -2.68. The van der Waals surface area contributed by atoms with E-state index in [1.165, 1.54) is 6.08 Å². The van der Waals surface area contributed by atoms with E-state index in [1.807, 2.05) is 0 Å². The summed E-state index contributed by atoms with van der Waals surface area (Å²) in [4.78, 5) is 24.1. The fourth-order valence-corrected chi connectivity index (χ4v) is 7.74. The largest absolute Gasteiger partial charge is 0.458 e. The second-order valence-electron chi connectivity index (χ2n) is 10.2. The van der Waals surface area contributed by atoms with Crippen molar-refractivity contribution in [2.24, 2.45) is 22.7 Å². The minimum Gasteiger partial charge on any atom is -0.458 e. The maximum Gasteiger partial charge on any atom is 0.331 e. The van der Waals surface area contributed by atoms with Crippen LogP contribution in [0.15, 0.2) is 23.3 Å². The predicted molar refractivity (Wildman–Crippen MR) is 104 cm³/mol. The molecule has 0 aromatic rings. The highest BCUT2D eigenvalue weighted by molar-refractivity contribution is 5.86. The average Bonchev–Trinajstić information content (AvgIpc) is 3.21. The Bertz CT molecular complexity index is 831. The van der Waals surface area contributed by atoms with Crippen molar-refractivity contribution in [3.05, 3.63) is 23.3 Å². The van der Waals surface area contributed by atoms with Gasteiger partial charge in [-0.15, -0.1) is 0 Å². The molecule has 5 rings (SSSR count). The minimum atomic E-state index is -1.19. The molecule has 0 radical (unpaired) electrons. The molecule has 4 aliphatic carbocycles. The predicted octanol–water partition coefficient (Wildman–Crippen LogP) is 1.82. The molecule has 0 aromatic heterocycles. The van der Waals surface area contributed by atoms with E-state index in [9.17, 15) is 24.9 Å². The molecule has 29 heavy (non-hydrogen) atoms. The molecule has 0 bridgehead atoms. The van der Waals surface area contributed by atoms with Crippen LogP contribution in [0, 0.1) is 22.7 Å². The van der Waals surface area contributed by atoms with Gasteiger partial charge >= 0.3 is 5.97 Å². The molecule has 6 nitrogen and oxygen atoms in total. The summed E-state index contributed by atoms with van der Waals surface area (Å²) < 4.78 is 5.11. The van der Waals surface area contributed by atoms with Crippen molar-refractivity contribution in [2.45, 2.75) is 75.6 Å². The van der Waals surface area contributed by atoms with Gasteiger partial charge in [0.25, 0.3) is 0 Å². The molecule has 0 saturated heterocycles. The molecule has 7 atom stereocenters. The Kier molecular flexibility index (Phi) is 4.04. The minimum absolute atomic E-state index is 0.102. The molecule has 3 fully saturated rings. The molecular formula is C23H30O6. The van der Waals surface area contributed by atoms with E-state index in [1.54, 1.807) is 0 Å². The quantitative estimate of drug-likeness (QED) is 0.481. The second kappa shape index (κ2) is 6.02. The molecule has 0 unspecified atom stereocenters. The van der Waals surface area contributed by atoms with Crippen molar-refractivity contribution < 1.29 is 29.6 Å². The van der Waals surface area contributed by atoms with E-state index in [0.29, 0.717) is 38.5 Å². The van der Waals surface area contributed by atoms with Crippen molar-refractivity contribution in [3.8, 4) is 0 Å². The van der Waals surface area contributed by atoms with Crippen LogP contribution < -0.4 is 0 Å². The van der Waals surface area contributed by atoms with Gasteiger partial charge in [0.2, 0.25) is 0 Å². The fourth-order valence-electron chi connectivity index (χ4n) is 7.74. The summed E-state index contributed by atoms with van der Waals surface area (Å²) in [6.07, 6.45) is 8.13. The number of hydrogen-bond acceptors (Lipinski definition) is 6. The Morgan fingerprint density at radius 2 is 1.90 bits per heavy atom. The number of hydrogen-bond donors (Lipinski definition) is 3. The van der Waals surface area contributed by atoms with Gasteiger partial charge in [0, 0.05) is 23.5 Å². The standard InChI is InChI=1S/C23H30O6/c1-20-6-3-17-18(4-8-22(27)11-15(25)2-7-21(17,22)13-24)23(20,28)9-5-16(20)14-10-19(26)29-12-14/h5,10,13,15,17-18,25,27-28H,2-4,6-9,11-12H2,1H3/t15-,17-,18+,20+,21-,22-,23-/m0/s1. The average molecular weight is 402 g/mol. The van der Waals surface area contributed by atoms with Gasteiger partial charge in [0.15, 0.2) is 0 Å². The van der Waals surface area contributed by atoms with Gasteiger partial charge in [0.05, 0.1) is 22.7 Å². The number of rotatable bonds is 2. The molecule has 3 N–H and O–H groups in total. The van der Waals surface area contributed by atoms with Crippen LogP contribution in [0.3, 0.4) is 0 Å². The van der Waals surface area contributed by atoms with Crippen molar-refractivity contribution >= 4 is 12.3 Å². The van der Waals surface area contributed by atoms with Crippen LogP contribution in [-0.2, 0) is 14.3 Å². The van der Waals surface area contributed by atoms with Crippen molar-refractivity contribution in [1.82, 2.24) is 0 Å². The Hall–Kier alpha value is -1.50. The number of carbonyl (C=O) groups excluding carboxylic acids is 2. The highest BCUT2D eigenvalue weighted by atomic mass is 16.5. The third kappa shape index (κ3) is 2.28. The van der Waals surface area contributed by atoms with E-state index in [-0.39, 0.29) is 30.8 Å². The zero-order chi connectivity index (χ0) is 20.7. The number of fused-ring (bicyclic) bond motifs is 5. The van der Waals surface area contributed by atoms with Gasteiger partial charge in [-0.25, -0.2) is 4.79 Å². The molecule has 1 aliphatic heterocycles. The first kappa shape index (κ1) is 19.5. The van der Waals surface area contributed by atoms with Crippen molar-refractivity contribution in [3.63, 3.8) is 0 Å². The molecule has 1 heterocycles. The third-order valence-corrected chi connectivity index (χ3v) is 9.30. The number of carbonyl (C=O) groups is 2. The Morgan fingerprint density at radius 3 is 2.59 bits per heavy atom. The first-order valence-corrected chi connectivity index (χ1v) is 10.9. The van der Waals surface area contributed by atoms with Gasteiger partial charge in [0.1, 0.15) is 12.9 Å². The number of ether oxygens (including phenoxy) is 1.